The van der Waals surface area contributed by atoms with Crippen LogP contribution in [0.2, 0.25) is 0 Å². The molecule has 1 heterocycles. The summed E-state index contributed by atoms with van der Waals surface area (Å²) in [5.41, 5.74) is 1.63. The third-order valence-electron chi connectivity index (χ3n) is 2.70. The van der Waals surface area contributed by atoms with E-state index < -0.39 is 5.60 Å². The molecule has 1 aromatic rings. The predicted molar refractivity (Wildman–Crippen MR) is 71.5 cm³/mol. The maximum atomic E-state index is 12.0. The summed E-state index contributed by atoms with van der Waals surface area (Å²) in [6, 6.07) is 1.68. The first kappa shape index (κ1) is 14.7. The van der Waals surface area contributed by atoms with Crippen LogP contribution in [0.3, 0.4) is 0 Å². The topological polar surface area (TPSA) is 44.1 Å². The molecule has 1 aromatic heterocycles. The summed E-state index contributed by atoms with van der Waals surface area (Å²) in [4.78, 5) is 12.0. The van der Waals surface area contributed by atoms with Gasteiger partial charge < -0.3 is 4.74 Å². The number of aryl methyl sites for hydroxylation is 2. The zero-order chi connectivity index (χ0) is 13.9. The van der Waals surface area contributed by atoms with Gasteiger partial charge in [-0.2, -0.15) is 5.10 Å². The van der Waals surface area contributed by atoms with Crippen LogP contribution in [0.25, 0.3) is 0 Å². The molecule has 0 saturated carbocycles. The summed E-state index contributed by atoms with van der Waals surface area (Å²) >= 11 is 0. The van der Waals surface area contributed by atoms with Gasteiger partial charge in [-0.05, 0) is 46.6 Å². The molecule has 1 unspecified atom stereocenters. The summed E-state index contributed by atoms with van der Waals surface area (Å²) in [5.74, 6) is -0.233. The van der Waals surface area contributed by atoms with Gasteiger partial charge in [-0.15, -0.1) is 0 Å². The Kier molecular flexibility index (Phi) is 4.54. The van der Waals surface area contributed by atoms with Crippen LogP contribution in [0, 0.1) is 0 Å². The predicted octanol–water partition coefficient (Wildman–Crippen LogP) is 2.91. The van der Waals surface area contributed by atoms with Crippen LogP contribution in [0.4, 0.5) is 0 Å². The van der Waals surface area contributed by atoms with Gasteiger partial charge in [0.15, 0.2) is 0 Å². The van der Waals surface area contributed by atoms with Crippen LogP contribution in [0.5, 0.6) is 0 Å². The molecule has 0 aliphatic rings. The van der Waals surface area contributed by atoms with E-state index in [1.54, 1.807) is 4.68 Å². The Morgan fingerprint density at radius 3 is 2.44 bits per heavy atom. The minimum Gasteiger partial charge on any atom is -0.458 e. The summed E-state index contributed by atoms with van der Waals surface area (Å²) in [6.45, 7) is 11.6. The van der Waals surface area contributed by atoms with Crippen molar-refractivity contribution in [2.75, 3.05) is 0 Å². The lowest BCUT2D eigenvalue weighted by atomic mass is 10.2. The number of hydrogen-bond donors (Lipinski definition) is 0. The molecule has 0 spiro atoms. The Balaban J connectivity index is 2.92. The minimum absolute atomic E-state index is 0.233. The fraction of sp³-hybridized carbons (Fsp3) is 0.714. The zero-order valence-electron chi connectivity index (χ0n) is 12.3. The molecule has 102 valence electrons. The van der Waals surface area contributed by atoms with E-state index in [0.29, 0.717) is 0 Å². The molecule has 4 nitrogen and oxygen atoms in total. The van der Waals surface area contributed by atoms with E-state index in [0.717, 1.165) is 24.2 Å². The van der Waals surface area contributed by atoms with Crippen LogP contribution in [-0.4, -0.2) is 21.4 Å². The highest BCUT2D eigenvalue weighted by Crippen LogP contribution is 2.17. The molecule has 0 N–H and O–H groups in total. The molecule has 0 amide bonds. The fourth-order valence-corrected chi connectivity index (χ4v) is 1.75. The van der Waals surface area contributed by atoms with Crippen molar-refractivity contribution in [3.63, 3.8) is 0 Å². The van der Waals surface area contributed by atoms with Crippen LogP contribution < -0.4 is 0 Å². The van der Waals surface area contributed by atoms with Crippen molar-refractivity contribution in [3.05, 3.63) is 17.5 Å². The monoisotopic (exact) mass is 252 g/mol. The molecule has 18 heavy (non-hydrogen) atoms. The fourth-order valence-electron chi connectivity index (χ4n) is 1.75. The second-order valence-corrected chi connectivity index (χ2v) is 5.49. The highest BCUT2D eigenvalue weighted by molar-refractivity contribution is 5.74. The Morgan fingerprint density at radius 2 is 2.00 bits per heavy atom. The number of rotatable bonds is 4. The van der Waals surface area contributed by atoms with Crippen molar-refractivity contribution in [1.82, 2.24) is 9.78 Å². The van der Waals surface area contributed by atoms with E-state index in [1.165, 1.54) is 0 Å². The molecule has 0 saturated heterocycles. The Labute approximate surface area is 109 Å². The molecular formula is C14H24N2O2. The zero-order valence-corrected chi connectivity index (χ0v) is 12.3. The normalized spacial score (nSPS) is 13.4. The molecule has 0 radical (unpaired) electrons. The minimum atomic E-state index is -0.460. The Bertz CT molecular complexity index is 416. The second-order valence-electron chi connectivity index (χ2n) is 5.49. The summed E-state index contributed by atoms with van der Waals surface area (Å²) in [6.07, 6.45) is 1.74. The molecule has 1 rings (SSSR count). The maximum absolute atomic E-state index is 12.0. The van der Waals surface area contributed by atoms with Crippen molar-refractivity contribution >= 4 is 5.97 Å². The van der Waals surface area contributed by atoms with Crippen molar-refractivity contribution in [2.24, 2.45) is 0 Å². The van der Waals surface area contributed by atoms with Crippen molar-refractivity contribution in [1.29, 1.82) is 0 Å². The number of ether oxygens (including phenoxy) is 1. The summed E-state index contributed by atoms with van der Waals surface area (Å²) in [7, 11) is 0. The highest BCUT2D eigenvalue weighted by Gasteiger charge is 2.25. The van der Waals surface area contributed by atoms with Gasteiger partial charge in [-0.1, -0.05) is 13.8 Å². The molecule has 0 aliphatic heterocycles. The van der Waals surface area contributed by atoms with E-state index in [4.69, 9.17) is 4.74 Å². The Morgan fingerprint density at radius 1 is 1.39 bits per heavy atom. The first-order valence-electron chi connectivity index (χ1n) is 6.58. The molecule has 0 aromatic carbocycles. The summed E-state index contributed by atoms with van der Waals surface area (Å²) in [5, 5.41) is 4.47. The third-order valence-corrected chi connectivity index (χ3v) is 2.70. The van der Waals surface area contributed by atoms with Gasteiger partial charge in [0.05, 0.1) is 5.69 Å². The van der Waals surface area contributed by atoms with Gasteiger partial charge in [0, 0.05) is 5.69 Å². The molecule has 0 bridgehead atoms. The SMILES string of the molecule is CCc1cc(CC)n(C(C)C(=O)OC(C)(C)C)n1. The molecule has 0 aliphatic carbocycles. The average Bonchev–Trinajstić information content (AvgIpc) is 2.68. The smallest absolute Gasteiger partial charge is 0.331 e. The van der Waals surface area contributed by atoms with E-state index in [-0.39, 0.29) is 12.0 Å². The summed E-state index contributed by atoms with van der Waals surface area (Å²) < 4.78 is 7.18. The number of carbonyl (C=O) groups is 1. The molecule has 1 atom stereocenters. The van der Waals surface area contributed by atoms with Gasteiger partial charge >= 0.3 is 5.97 Å². The third kappa shape index (κ3) is 3.59. The van der Waals surface area contributed by atoms with Crippen LogP contribution in [-0.2, 0) is 22.4 Å². The van der Waals surface area contributed by atoms with Gasteiger partial charge in [-0.3, -0.25) is 4.68 Å². The van der Waals surface area contributed by atoms with E-state index in [2.05, 4.69) is 25.0 Å². The van der Waals surface area contributed by atoms with E-state index in [1.807, 2.05) is 27.7 Å². The number of nitrogens with zero attached hydrogens (tertiary/aromatic N) is 2. The average molecular weight is 252 g/mol. The number of carbonyl (C=O) groups excluding carboxylic acids is 1. The first-order valence-corrected chi connectivity index (χ1v) is 6.58. The largest absolute Gasteiger partial charge is 0.458 e. The van der Waals surface area contributed by atoms with E-state index >= 15 is 0 Å². The van der Waals surface area contributed by atoms with Crippen LogP contribution in [0.1, 0.15) is 59.0 Å². The van der Waals surface area contributed by atoms with Gasteiger partial charge in [-0.25, -0.2) is 4.79 Å². The number of aromatic nitrogens is 2. The van der Waals surface area contributed by atoms with Crippen LogP contribution in [0.15, 0.2) is 6.07 Å². The number of esters is 1. The van der Waals surface area contributed by atoms with Crippen LogP contribution >= 0.6 is 0 Å². The van der Waals surface area contributed by atoms with Gasteiger partial charge in [0.1, 0.15) is 11.6 Å². The van der Waals surface area contributed by atoms with Crippen molar-refractivity contribution in [2.45, 2.75) is 66.0 Å². The molecular weight excluding hydrogens is 228 g/mol. The van der Waals surface area contributed by atoms with Crippen molar-refractivity contribution in [3.8, 4) is 0 Å². The second kappa shape index (κ2) is 5.55. The highest BCUT2D eigenvalue weighted by atomic mass is 16.6. The lowest BCUT2D eigenvalue weighted by Gasteiger charge is -2.23. The molecule has 0 fully saturated rings. The lowest BCUT2D eigenvalue weighted by Crippen LogP contribution is -2.30. The standard InChI is InChI=1S/C14H24N2O2/c1-7-11-9-12(8-2)16(15-11)10(3)13(17)18-14(4,5)6/h9-10H,7-8H2,1-6H3. The first-order chi connectivity index (χ1) is 8.28. The van der Waals surface area contributed by atoms with Gasteiger partial charge in [0.2, 0.25) is 0 Å². The lowest BCUT2D eigenvalue weighted by molar-refractivity contribution is -0.158. The maximum Gasteiger partial charge on any atom is 0.331 e. The van der Waals surface area contributed by atoms with Crippen molar-refractivity contribution < 1.29 is 9.53 Å². The number of hydrogen-bond acceptors (Lipinski definition) is 3. The Hall–Kier alpha value is -1.32. The van der Waals surface area contributed by atoms with Gasteiger partial charge in [0.25, 0.3) is 0 Å². The molecule has 4 heteroatoms. The van der Waals surface area contributed by atoms with E-state index in [9.17, 15) is 4.79 Å². The quantitative estimate of drug-likeness (QED) is 0.774.